The van der Waals surface area contributed by atoms with Crippen LogP contribution in [0, 0.1) is 0 Å². The lowest BCUT2D eigenvalue weighted by atomic mass is 9.91. The predicted octanol–water partition coefficient (Wildman–Crippen LogP) is 5.64. The summed E-state index contributed by atoms with van der Waals surface area (Å²) in [5.41, 5.74) is 5.10. The van der Waals surface area contributed by atoms with E-state index in [0.717, 1.165) is 59.1 Å². The van der Waals surface area contributed by atoms with E-state index in [1.807, 2.05) is 88.5 Å². The van der Waals surface area contributed by atoms with E-state index in [2.05, 4.69) is 26.0 Å². The number of aromatic nitrogens is 2. The maximum atomic E-state index is 14.5. The van der Waals surface area contributed by atoms with Gasteiger partial charge in [-0.2, -0.15) is 0 Å². The first-order chi connectivity index (χ1) is 23.3. The van der Waals surface area contributed by atoms with Gasteiger partial charge in [-0.25, -0.2) is 9.79 Å². The summed E-state index contributed by atoms with van der Waals surface area (Å²) in [7, 11) is 0. The molecule has 8 nitrogen and oxygen atoms in total. The highest BCUT2D eigenvalue weighted by molar-refractivity contribution is 7.07. The fourth-order valence-corrected chi connectivity index (χ4v) is 7.69. The van der Waals surface area contributed by atoms with Gasteiger partial charge in [0.05, 0.1) is 28.5 Å². The molecule has 1 fully saturated rings. The zero-order valence-electron chi connectivity index (χ0n) is 27.4. The summed E-state index contributed by atoms with van der Waals surface area (Å²) in [5.74, 6) is -0.0746. The van der Waals surface area contributed by atoms with Crippen LogP contribution in [0.3, 0.4) is 0 Å². The van der Waals surface area contributed by atoms with Crippen molar-refractivity contribution in [2.75, 3.05) is 19.7 Å². The third-order valence-electron chi connectivity index (χ3n) is 9.16. The highest BCUT2D eigenvalue weighted by Crippen LogP contribution is 2.35. The fourth-order valence-electron chi connectivity index (χ4n) is 6.69. The summed E-state index contributed by atoms with van der Waals surface area (Å²) >= 11 is 1.30. The van der Waals surface area contributed by atoms with E-state index in [0.29, 0.717) is 26.5 Å². The third kappa shape index (κ3) is 5.83. The Morgan fingerprint density at radius 3 is 2.40 bits per heavy atom. The lowest BCUT2D eigenvalue weighted by Gasteiger charge is -2.26. The molecule has 0 unspecified atom stereocenters. The topological polar surface area (TPSA) is 85.9 Å². The lowest BCUT2D eigenvalue weighted by molar-refractivity contribution is -0.139. The average molecular weight is 659 g/mol. The molecule has 48 heavy (non-hydrogen) atoms. The lowest BCUT2D eigenvalue weighted by Crippen LogP contribution is -2.40. The number of para-hydroxylation sites is 1. The summed E-state index contributed by atoms with van der Waals surface area (Å²) in [6, 6.07) is 24.9. The molecule has 1 atom stereocenters. The average Bonchev–Trinajstić information content (AvgIpc) is 3.84. The Labute approximate surface area is 282 Å². The molecule has 9 heteroatoms. The highest BCUT2D eigenvalue weighted by atomic mass is 32.1. The Hall–Kier alpha value is -5.02. The maximum absolute atomic E-state index is 14.5. The molecule has 244 valence electrons. The predicted molar refractivity (Wildman–Crippen MR) is 189 cm³/mol. The van der Waals surface area contributed by atoms with Crippen LogP contribution < -0.4 is 14.9 Å². The van der Waals surface area contributed by atoms with E-state index in [-0.39, 0.29) is 24.6 Å². The molecular formula is C39H38N4O4S. The van der Waals surface area contributed by atoms with Gasteiger partial charge in [0.2, 0.25) is 5.91 Å². The van der Waals surface area contributed by atoms with Gasteiger partial charge >= 0.3 is 5.97 Å². The minimum atomic E-state index is -0.738. The van der Waals surface area contributed by atoms with E-state index in [1.165, 1.54) is 11.3 Å². The molecule has 1 amide bonds. The second-order valence-electron chi connectivity index (χ2n) is 12.6. The van der Waals surface area contributed by atoms with Gasteiger partial charge in [0.25, 0.3) is 5.56 Å². The number of nitrogens with zero attached hydrogens (tertiary/aromatic N) is 4. The Balaban J connectivity index is 1.42. The molecule has 2 aromatic heterocycles. The van der Waals surface area contributed by atoms with Crippen LogP contribution in [0.5, 0.6) is 0 Å². The number of benzene rings is 3. The standard InChI is InChI=1S/C39H38N4O4S/c1-4-47-38(46)34-35(27-12-6-5-7-13-27)40-39-43(36(34)28-18-16-26(17-19-28)25(2)3)37(45)32(48-39)22-29-23-42(31-15-9-8-14-30(29)31)24-33(44)41-20-10-11-21-41/h5-9,12-19,22-23,25,36H,4,10-11,20-21,24H2,1-3H3/b32-22+/t36-/m1/s1. The van der Waals surface area contributed by atoms with E-state index in [1.54, 1.807) is 11.5 Å². The molecule has 0 radical (unpaired) electrons. The second-order valence-corrected chi connectivity index (χ2v) is 13.6. The number of fused-ring (bicyclic) bond motifs is 2. The Morgan fingerprint density at radius 1 is 0.979 bits per heavy atom. The Bertz CT molecular complexity index is 2220. The normalized spacial score (nSPS) is 16.5. The number of ether oxygens (including phenoxy) is 1. The van der Waals surface area contributed by atoms with Gasteiger partial charge in [-0.1, -0.05) is 98.0 Å². The molecule has 5 aromatic rings. The summed E-state index contributed by atoms with van der Waals surface area (Å²) < 4.78 is 9.71. The van der Waals surface area contributed by atoms with E-state index in [9.17, 15) is 14.4 Å². The number of esters is 1. The second kappa shape index (κ2) is 13.2. The van der Waals surface area contributed by atoms with Crippen molar-refractivity contribution >= 4 is 45.9 Å². The van der Waals surface area contributed by atoms with Crippen LogP contribution in [0.1, 0.15) is 67.8 Å². The molecule has 0 N–H and O–H groups in total. The van der Waals surface area contributed by atoms with E-state index < -0.39 is 12.0 Å². The maximum Gasteiger partial charge on any atom is 0.338 e. The molecular weight excluding hydrogens is 621 g/mol. The van der Waals surface area contributed by atoms with Crippen LogP contribution in [0.25, 0.3) is 22.7 Å². The summed E-state index contributed by atoms with van der Waals surface area (Å²) in [5, 5.41) is 0.954. The molecule has 0 spiro atoms. The van der Waals surface area contributed by atoms with Crippen LogP contribution in [0.4, 0.5) is 0 Å². The minimum absolute atomic E-state index is 0.0996. The molecule has 7 rings (SSSR count). The number of carbonyl (C=O) groups is 2. The first kappa shape index (κ1) is 31.6. The minimum Gasteiger partial charge on any atom is -0.463 e. The number of hydrogen-bond donors (Lipinski definition) is 0. The van der Waals surface area contributed by atoms with Crippen LogP contribution in [0.2, 0.25) is 0 Å². The van der Waals surface area contributed by atoms with E-state index >= 15 is 0 Å². The number of rotatable bonds is 8. The van der Waals surface area contributed by atoms with Crippen LogP contribution in [-0.4, -0.2) is 45.6 Å². The van der Waals surface area contributed by atoms with Gasteiger partial charge < -0.3 is 14.2 Å². The van der Waals surface area contributed by atoms with Crippen molar-refractivity contribution in [2.24, 2.45) is 4.99 Å². The van der Waals surface area contributed by atoms with Crippen molar-refractivity contribution in [2.45, 2.75) is 52.1 Å². The fraction of sp³-hybridized carbons (Fsp3) is 0.282. The first-order valence-electron chi connectivity index (χ1n) is 16.6. The monoisotopic (exact) mass is 658 g/mol. The van der Waals surface area contributed by atoms with Gasteiger partial charge in [-0.15, -0.1) is 0 Å². The number of carbonyl (C=O) groups excluding carboxylic acids is 2. The summed E-state index contributed by atoms with van der Waals surface area (Å²) in [4.78, 5) is 48.8. The van der Waals surface area contributed by atoms with Crippen LogP contribution >= 0.6 is 11.3 Å². The molecule has 4 heterocycles. The largest absolute Gasteiger partial charge is 0.463 e. The smallest absolute Gasteiger partial charge is 0.338 e. The summed E-state index contributed by atoms with van der Waals surface area (Å²) in [6.45, 7) is 8.07. The van der Waals surface area contributed by atoms with Crippen molar-refractivity contribution in [1.82, 2.24) is 14.0 Å². The molecule has 0 saturated carbocycles. The molecule has 2 aliphatic heterocycles. The molecule has 0 aliphatic carbocycles. The van der Waals surface area contributed by atoms with Crippen molar-refractivity contribution in [3.63, 3.8) is 0 Å². The Kier molecular flexibility index (Phi) is 8.71. The van der Waals surface area contributed by atoms with Crippen molar-refractivity contribution in [3.05, 3.63) is 133 Å². The van der Waals surface area contributed by atoms with Gasteiger partial charge in [-0.05, 0) is 49.0 Å². The van der Waals surface area contributed by atoms with Gasteiger partial charge in [0.15, 0.2) is 4.80 Å². The number of amides is 1. The van der Waals surface area contributed by atoms with E-state index in [4.69, 9.17) is 9.73 Å². The molecule has 0 bridgehead atoms. The zero-order chi connectivity index (χ0) is 33.4. The van der Waals surface area contributed by atoms with Crippen molar-refractivity contribution < 1.29 is 14.3 Å². The van der Waals surface area contributed by atoms with Crippen LogP contribution in [-0.2, 0) is 20.9 Å². The van der Waals surface area contributed by atoms with Gasteiger partial charge in [0.1, 0.15) is 6.54 Å². The van der Waals surface area contributed by atoms with Crippen molar-refractivity contribution in [1.29, 1.82) is 0 Å². The number of thiazole rings is 1. The van der Waals surface area contributed by atoms with Gasteiger partial charge in [0, 0.05) is 41.3 Å². The molecule has 2 aliphatic rings. The summed E-state index contributed by atoms with van der Waals surface area (Å²) in [6.07, 6.45) is 5.92. The molecule has 3 aromatic carbocycles. The van der Waals surface area contributed by atoms with Crippen LogP contribution in [0.15, 0.2) is 100 Å². The number of likely N-dealkylation sites (tertiary alicyclic amines) is 1. The molecule has 1 saturated heterocycles. The first-order valence-corrected chi connectivity index (χ1v) is 17.4. The van der Waals surface area contributed by atoms with Gasteiger partial charge in [-0.3, -0.25) is 14.2 Å². The van der Waals surface area contributed by atoms with Crippen molar-refractivity contribution in [3.8, 4) is 0 Å². The third-order valence-corrected chi connectivity index (χ3v) is 10.1. The zero-order valence-corrected chi connectivity index (χ0v) is 28.2. The Morgan fingerprint density at radius 2 is 1.69 bits per heavy atom. The quantitative estimate of drug-likeness (QED) is 0.202. The SMILES string of the molecule is CCOC(=O)C1=C(c2ccccc2)N=c2s/c(=C/c3cn(CC(=O)N4CCCC4)c4ccccc34)c(=O)n2[C@@H]1c1ccc(C(C)C)cc1. The highest BCUT2D eigenvalue weighted by Gasteiger charge is 2.35. The number of hydrogen-bond acceptors (Lipinski definition) is 6.